The van der Waals surface area contributed by atoms with Gasteiger partial charge in [0.1, 0.15) is 5.82 Å². The number of methoxy groups -OCH3 is 1. The number of carbonyl (C=O) groups is 1. The van der Waals surface area contributed by atoms with Crippen LogP contribution in [0.3, 0.4) is 0 Å². The topological polar surface area (TPSA) is 93.8 Å². The zero-order chi connectivity index (χ0) is 18.7. The van der Waals surface area contributed by atoms with E-state index in [2.05, 4.69) is 10.3 Å². The van der Waals surface area contributed by atoms with E-state index in [0.29, 0.717) is 21.3 Å². The minimum atomic E-state index is -0.551. The summed E-state index contributed by atoms with van der Waals surface area (Å²) in [5, 5.41) is 14.0. The molecule has 0 aromatic heterocycles. The summed E-state index contributed by atoms with van der Waals surface area (Å²) in [4.78, 5) is 27.2. The molecule has 0 bridgehead atoms. The first-order valence-corrected chi connectivity index (χ1v) is 8.15. The Labute approximate surface area is 151 Å². The second-order valence-electron chi connectivity index (χ2n) is 5.15. The third kappa shape index (κ3) is 3.89. The number of thioether (sulfide) groups is 1. The first-order chi connectivity index (χ1) is 12.5. The van der Waals surface area contributed by atoms with Crippen molar-refractivity contribution in [3.05, 3.63) is 68.9 Å². The summed E-state index contributed by atoms with van der Waals surface area (Å²) in [5.74, 6) is -0.604. The molecular formula is C17H12FN3O4S. The molecule has 7 nitrogen and oxygen atoms in total. The molecule has 1 heterocycles. The van der Waals surface area contributed by atoms with Gasteiger partial charge >= 0.3 is 5.69 Å². The number of nitrogens with zero attached hydrogens (tertiary/aromatic N) is 2. The minimum absolute atomic E-state index is 0.138. The summed E-state index contributed by atoms with van der Waals surface area (Å²) in [7, 11) is 1.35. The molecule has 0 spiro atoms. The number of hydrogen-bond donors (Lipinski definition) is 1. The summed E-state index contributed by atoms with van der Waals surface area (Å²) in [6.45, 7) is 0. The molecule has 1 aliphatic rings. The maximum atomic E-state index is 12.9. The molecule has 26 heavy (non-hydrogen) atoms. The SMILES string of the molecule is COc1ccc(/C=C2/SC(=Nc3ccc(F)cc3)NC2=O)cc1[N+](=O)[O-]. The Morgan fingerprint density at radius 1 is 1.27 bits per heavy atom. The number of halogens is 1. The molecule has 0 saturated carbocycles. The highest BCUT2D eigenvalue weighted by atomic mass is 32.2. The van der Waals surface area contributed by atoms with Crippen molar-refractivity contribution in [3.63, 3.8) is 0 Å². The normalized spacial score (nSPS) is 16.8. The second-order valence-corrected chi connectivity index (χ2v) is 6.18. The first-order valence-electron chi connectivity index (χ1n) is 7.34. The number of carbonyl (C=O) groups excluding carboxylic acids is 1. The van der Waals surface area contributed by atoms with E-state index in [1.807, 2.05) is 0 Å². The summed E-state index contributed by atoms with van der Waals surface area (Å²) in [5.41, 5.74) is 0.791. The quantitative estimate of drug-likeness (QED) is 0.502. The van der Waals surface area contributed by atoms with Gasteiger partial charge in [0.2, 0.25) is 0 Å². The Kier molecular flexibility index (Phi) is 4.99. The second kappa shape index (κ2) is 7.36. The number of hydrogen-bond acceptors (Lipinski definition) is 6. The number of nitrogens with one attached hydrogen (secondary N) is 1. The fourth-order valence-corrected chi connectivity index (χ4v) is 3.05. The predicted octanol–water partition coefficient (Wildman–Crippen LogP) is 3.63. The fourth-order valence-electron chi connectivity index (χ4n) is 2.20. The van der Waals surface area contributed by atoms with E-state index >= 15 is 0 Å². The smallest absolute Gasteiger partial charge is 0.311 e. The van der Waals surface area contributed by atoms with Gasteiger partial charge in [-0.05, 0) is 53.7 Å². The lowest BCUT2D eigenvalue weighted by atomic mass is 10.1. The molecule has 0 unspecified atom stereocenters. The van der Waals surface area contributed by atoms with Crippen LogP contribution < -0.4 is 10.1 Å². The first kappa shape index (κ1) is 17.6. The predicted molar refractivity (Wildman–Crippen MR) is 96.9 cm³/mol. The van der Waals surface area contributed by atoms with Crippen LogP contribution in [0.1, 0.15) is 5.56 Å². The van der Waals surface area contributed by atoms with Gasteiger partial charge in [-0.1, -0.05) is 6.07 Å². The van der Waals surface area contributed by atoms with Crippen LogP contribution in [-0.2, 0) is 4.79 Å². The monoisotopic (exact) mass is 373 g/mol. The molecule has 132 valence electrons. The highest BCUT2D eigenvalue weighted by molar-refractivity contribution is 8.18. The third-order valence-corrected chi connectivity index (χ3v) is 4.32. The van der Waals surface area contributed by atoms with Crippen molar-refractivity contribution < 1.29 is 18.8 Å². The average Bonchev–Trinajstić information content (AvgIpc) is 2.96. The van der Waals surface area contributed by atoms with Crippen molar-refractivity contribution >= 4 is 40.3 Å². The number of rotatable bonds is 4. The van der Waals surface area contributed by atoms with Gasteiger partial charge in [-0.2, -0.15) is 0 Å². The molecule has 3 rings (SSSR count). The molecule has 1 saturated heterocycles. The molecular weight excluding hydrogens is 361 g/mol. The van der Waals surface area contributed by atoms with E-state index in [4.69, 9.17) is 4.74 Å². The van der Waals surface area contributed by atoms with E-state index in [9.17, 15) is 19.3 Å². The van der Waals surface area contributed by atoms with Gasteiger partial charge in [-0.15, -0.1) is 0 Å². The summed E-state index contributed by atoms with van der Waals surface area (Å²) >= 11 is 1.09. The van der Waals surface area contributed by atoms with Crippen LogP contribution in [0, 0.1) is 15.9 Å². The maximum Gasteiger partial charge on any atom is 0.311 e. The number of amides is 1. The Morgan fingerprint density at radius 3 is 2.65 bits per heavy atom. The van der Waals surface area contributed by atoms with Crippen molar-refractivity contribution in [1.82, 2.24) is 5.32 Å². The van der Waals surface area contributed by atoms with Crippen LogP contribution in [0.15, 0.2) is 52.4 Å². The lowest BCUT2D eigenvalue weighted by Crippen LogP contribution is -2.19. The minimum Gasteiger partial charge on any atom is -0.490 e. The average molecular weight is 373 g/mol. The number of nitro benzene ring substituents is 1. The van der Waals surface area contributed by atoms with Crippen molar-refractivity contribution in [1.29, 1.82) is 0 Å². The van der Waals surface area contributed by atoms with Crippen LogP contribution in [-0.4, -0.2) is 23.1 Å². The highest BCUT2D eigenvalue weighted by Crippen LogP contribution is 2.31. The lowest BCUT2D eigenvalue weighted by molar-refractivity contribution is -0.385. The molecule has 1 fully saturated rings. The number of benzene rings is 2. The zero-order valence-corrected chi connectivity index (χ0v) is 14.2. The Bertz CT molecular complexity index is 942. The van der Waals surface area contributed by atoms with Crippen molar-refractivity contribution in [2.75, 3.05) is 7.11 Å². The van der Waals surface area contributed by atoms with Crippen LogP contribution in [0.25, 0.3) is 6.08 Å². The van der Waals surface area contributed by atoms with Gasteiger partial charge in [0.15, 0.2) is 10.9 Å². The summed E-state index contributed by atoms with van der Waals surface area (Å²) < 4.78 is 17.9. The standard InChI is InChI=1S/C17H12FN3O4S/c1-25-14-7-2-10(8-13(14)21(23)24)9-15-16(22)20-17(26-15)19-12-5-3-11(18)4-6-12/h2-9H,1H3,(H,19,20,22)/b15-9+. The molecule has 9 heteroatoms. The number of ether oxygens (including phenoxy) is 1. The lowest BCUT2D eigenvalue weighted by Gasteiger charge is -2.02. The van der Waals surface area contributed by atoms with Gasteiger partial charge < -0.3 is 10.1 Å². The van der Waals surface area contributed by atoms with Crippen molar-refractivity contribution in [2.45, 2.75) is 0 Å². The van der Waals surface area contributed by atoms with Crippen LogP contribution in [0.2, 0.25) is 0 Å². The van der Waals surface area contributed by atoms with Gasteiger partial charge in [0, 0.05) is 6.07 Å². The number of aliphatic imine (C=N–C) groups is 1. The van der Waals surface area contributed by atoms with E-state index in [0.717, 1.165) is 11.8 Å². The molecule has 2 aromatic carbocycles. The van der Waals surface area contributed by atoms with Gasteiger partial charge in [-0.25, -0.2) is 9.38 Å². The molecule has 0 radical (unpaired) electrons. The number of amidine groups is 1. The molecule has 1 aliphatic heterocycles. The van der Waals surface area contributed by atoms with E-state index in [1.54, 1.807) is 6.07 Å². The van der Waals surface area contributed by atoms with Crippen LogP contribution >= 0.6 is 11.8 Å². The van der Waals surface area contributed by atoms with Gasteiger partial charge in [-0.3, -0.25) is 14.9 Å². The molecule has 2 aromatic rings. The van der Waals surface area contributed by atoms with Crippen molar-refractivity contribution in [3.8, 4) is 5.75 Å². The molecule has 0 atom stereocenters. The largest absolute Gasteiger partial charge is 0.490 e. The third-order valence-electron chi connectivity index (χ3n) is 3.41. The molecule has 1 amide bonds. The Morgan fingerprint density at radius 2 is 2.00 bits per heavy atom. The van der Waals surface area contributed by atoms with Crippen LogP contribution in [0.5, 0.6) is 5.75 Å². The Hall–Kier alpha value is -3.20. The zero-order valence-electron chi connectivity index (χ0n) is 13.4. The van der Waals surface area contributed by atoms with Crippen molar-refractivity contribution in [2.24, 2.45) is 4.99 Å². The molecule has 0 aliphatic carbocycles. The van der Waals surface area contributed by atoms with E-state index in [1.165, 1.54) is 49.6 Å². The summed E-state index contributed by atoms with van der Waals surface area (Å²) in [6, 6.07) is 9.93. The number of nitro groups is 1. The molecule has 1 N–H and O–H groups in total. The van der Waals surface area contributed by atoms with E-state index < -0.39 is 4.92 Å². The van der Waals surface area contributed by atoms with Gasteiger partial charge in [0.25, 0.3) is 5.91 Å². The maximum absolute atomic E-state index is 12.9. The van der Waals surface area contributed by atoms with E-state index in [-0.39, 0.29) is 23.2 Å². The highest BCUT2D eigenvalue weighted by Gasteiger charge is 2.24. The Balaban J connectivity index is 1.86. The fraction of sp³-hybridized carbons (Fsp3) is 0.0588. The van der Waals surface area contributed by atoms with Gasteiger partial charge in [0.05, 0.1) is 22.6 Å². The van der Waals surface area contributed by atoms with Crippen LogP contribution in [0.4, 0.5) is 15.8 Å². The summed E-state index contributed by atoms with van der Waals surface area (Å²) in [6.07, 6.45) is 1.53.